The van der Waals surface area contributed by atoms with Gasteiger partial charge in [0.2, 0.25) is 41.5 Å². The second-order valence-corrected chi connectivity index (χ2v) is 21.0. The van der Waals surface area contributed by atoms with E-state index in [4.69, 9.17) is 24.2 Å². The van der Waals surface area contributed by atoms with E-state index in [1.807, 2.05) is 78.7 Å². The zero-order chi connectivity index (χ0) is 51.6. The number of carbonyl (C=O) groups is 5. The van der Waals surface area contributed by atoms with E-state index in [1.165, 1.54) is 4.88 Å². The van der Waals surface area contributed by atoms with Gasteiger partial charge in [-0.05, 0) is 60.6 Å². The predicted molar refractivity (Wildman–Crippen MR) is 277 cm³/mol. The van der Waals surface area contributed by atoms with Crippen molar-refractivity contribution in [2.24, 2.45) is 17.3 Å². The van der Waals surface area contributed by atoms with Gasteiger partial charge in [0, 0.05) is 70.6 Å². The van der Waals surface area contributed by atoms with Gasteiger partial charge in [-0.3, -0.25) is 24.0 Å². The van der Waals surface area contributed by atoms with Crippen molar-refractivity contribution in [2.45, 2.75) is 79.0 Å². The van der Waals surface area contributed by atoms with Crippen molar-refractivity contribution in [3.8, 4) is 10.4 Å². The second kappa shape index (κ2) is 27.4. The Morgan fingerprint density at radius 3 is 2.29 bits per heavy atom. The summed E-state index contributed by atoms with van der Waals surface area (Å²) >= 11 is 3.26. The van der Waals surface area contributed by atoms with Gasteiger partial charge in [-0.25, -0.2) is 4.98 Å². The van der Waals surface area contributed by atoms with E-state index in [2.05, 4.69) is 37.3 Å². The number of thiophene rings is 1. The first-order valence-electron chi connectivity index (χ1n) is 24.6. The highest BCUT2D eigenvalue weighted by Crippen LogP contribution is 2.37. The average Bonchev–Trinajstić information content (AvgIpc) is 4.08. The molecule has 5 N–H and O–H groups in total. The van der Waals surface area contributed by atoms with Crippen LogP contribution in [0.3, 0.4) is 0 Å². The SMILES string of the molecule is CC(=O)N1CCCN(c2nc(NCCc3cccs3)nc(N(C)CC(=O)NCCOCCOCCOCC(=O)N[C@H](C(=O)C3C[C@H](O)C[C@H]3C(=O)NCc3ccc(-c4scnc4C)cc3)C(C)(C)C)n2)CC1. The Hall–Kier alpha value is -5.65. The zero-order valence-electron chi connectivity index (χ0n) is 42.3. The molecule has 2 aliphatic rings. The van der Waals surface area contributed by atoms with Gasteiger partial charge in [0.25, 0.3) is 0 Å². The number of aryl methyl sites for hydroxylation is 1. The van der Waals surface area contributed by atoms with Gasteiger partial charge < -0.3 is 55.3 Å². The number of nitrogens with one attached hydrogen (secondary N) is 4. The fraction of sp³-hybridized carbons (Fsp3) is 0.580. The molecule has 1 aliphatic carbocycles. The van der Waals surface area contributed by atoms with Gasteiger partial charge in [-0.2, -0.15) is 15.0 Å². The fourth-order valence-electron chi connectivity index (χ4n) is 8.56. The molecule has 0 radical (unpaired) electrons. The van der Waals surface area contributed by atoms with Crippen LogP contribution in [-0.2, 0) is 51.1 Å². The van der Waals surface area contributed by atoms with Gasteiger partial charge in [0.15, 0.2) is 5.78 Å². The Bertz CT molecular complexity index is 2380. The molecule has 72 heavy (non-hydrogen) atoms. The minimum absolute atomic E-state index is 0.000544. The number of Topliss-reactive ketones (excluding diaryl/α,β-unsaturated/α-hetero) is 1. The third-order valence-electron chi connectivity index (χ3n) is 12.5. The lowest BCUT2D eigenvalue weighted by Gasteiger charge is -2.33. The molecule has 6 rings (SSSR count). The topological polar surface area (TPSA) is 243 Å². The third kappa shape index (κ3) is 17.0. The Kier molecular flexibility index (Phi) is 21.2. The summed E-state index contributed by atoms with van der Waals surface area (Å²) in [6.45, 7) is 13.6. The maximum absolute atomic E-state index is 14.0. The van der Waals surface area contributed by atoms with E-state index in [-0.39, 0.29) is 95.6 Å². The van der Waals surface area contributed by atoms with Crippen LogP contribution in [0, 0.1) is 24.2 Å². The summed E-state index contributed by atoms with van der Waals surface area (Å²) in [6.07, 6.45) is 1.07. The molecule has 20 nitrogen and oxygen atoms in total. The minimum Gasteiger partial charge on any atom is -0.393 e. The highest BCUT2D eigenvalue weighted by atomic mass is 32.1. The van der Waals surface area contributed by atoms with Crippen LogP contribution < -0.4 is 31.1 Å². The second-order valence-electron chi connectivity index (χ2n) is 19.1. The lowest BCUT2D eigenvalue weighted by molar-refractivity contribution is -0.138. The molecule has 1 saturated heterocycles. The van der Waals surface area contributed by atoms with Gasteiger partial charge in [-0.15, -0.1) is 22.7 Å². The van der Waals surface area contributed by atoms with E-state index >= 15 is 0 Å². The number of aromatic nitrogens is 4. The molecule has 4 atom stereocenters. The number of carbonyl (C=O) groups excluding carboxylic acids is 5. The monoisotopic (exact) mass is 1030 g/mol. The van der Waals surface area contributed by atoms with E-state index < -0.39 is 35.3 Å². The Morgan fingerprint density at radius 1 is 0.861 bits per heavy atom. The number of nitrogens with zero attached hydrogens (tertiary/aromatic N) is 7. The number of ketones is 1. The van der Waals surface area contributed by atoms with Gasteiger partial charge in [0.1, 0.15) is 6.61 Å². The zero-order valence-corrected chi connectivity index (χ0v) is 43.9. The standard InChI is InChI=1S/C50H71N11O9S2/c1-33-44(72-32-54-33)36-12-10-35(11-13-36)29-53-46(67)40-28-37(63)27-39(40)43(66)45(50(3,4)5)55-42(65)31-70-25-24-69-23-22-68-21-16-51-41(64)30-59(6)48-56-47(52-15-14-38-9-7-26-71-38)57-49(58-48)61-18-8-17-60(19-20-61)34(2)62/h7,9-13,26,32,37,39-40,45,63H,8,14-25,27-31H2,1-6H3,(H,51,64)(H,53,67)(H,55,65)(H,52,56,57,58)/t37-,39?,40+,45+/m0/s1. The molecular weight excluding hydrogens is 963 g/mol. The number of hydrogen-bond donors (Lipinski definition) is 5. The molecule has 2 fully saturated rings. The molecule has 1 saturated carbocycles. The van der Waals surface area contributed by atoms with Crippen LogP contribution in [0.2, 0.25) is 0 Å². The van der Waals surface area contributed by atoms with Crippen molar-refractivity contribution in [1.82, 2.24) is 40.8 Å². The van der Waals surface area contributed by atoms with Crippen LogP contribution in [0.15, 0.2) is 47.3 Å². The van der Waals surface area contributed by atoms with Crippen LogP contribution in [0.4, 0.5) is 17.8 Å². The highest BCUT2D eigenvalue weighted by Gasteiger charge is 2.46. The van der Waals surface area contributed by atoms with Crippen LogP contribution in [-0.4, -0.2) is 164 Å². The van der Waals surface area contributed by atoms with Crippen molar-refractivity contribution >= 4 is 69.9 Å². The normalized spacial score (nSPS) is 17.5. The fourth-order valence-corrected chi connectivity index (χ4v) is 10.1. The van der Waals surface area contributed by atoms with Gasteiger partial charge in [0.05, 0.1) is 73.7 Å². The van der Waals surface area contributed by atoms with E-state index in [0.29, 0.717) is 50.6 Å². The number of ether oxygens (including phenoxy) is 3. The van der Waals surface area contributed by atoms with E-state index in [9.17, 15) is 29.1 Å². The number of rotatable bonds is 26. The lowest BCUT2D eigenvalue weighted by atomic mass is 9.77. The first kappa shape index (κ1) is 55.7. The molecule has 4 heterocycles. The number of aliphatic hydroxyl groups is 1. The number of aliphatic hydroxyl groups excluding tert-OH is 1. The molecule has 4 amide bonds. The maximum atomic E-state index is 14.0. The maximum Gasteiger partial charge on any atom is 0.246 e. The van der Waals surface area contributed by atoms with Crippen LogP contribution in [0.5, 0.6) is 0 Å². The Morgan fingerprint density at radius 2 is 1.60 bits per heavy atom. The van der Waals surface area contributed by atoms with Crippen molar-refractivity contribution in [3.05, 3.63) is 63.4 Å². The minimum atomic E-state index is -0.912. The number of amides is 4. The first-order chi connectivity index (χ1) is 34.5. The van der Waals surface area contributed by atoms with Crippen LogP contribution in [0.25, 0.3) is 10.4 Å². The quantitative estimate of drug-likeness (QED) is 0.0566. The molecule has 1 aromatic carbocycles. The number of anilines is 3. The Labute approximate surface area is 430 Å². The molecule has 0 bridgehead atoms. The Balaban J connectivity index is 0.853. The smallest absolute Gasteiger partial charge is 0.246 e. The van der Waals surface area contributed by atoms with Crippen molar-refractivity contribution in [2.75, 3.05) is 108 Å². The largest absolute Gasteiger partial charge is 0.393 e. The summed E-state index contributed by atoms with van der Waals surface area (Å²) in [5.41, 5.74) is 4.05. The summed E-state index contributed by atoms with van der Waals surface area (Å²) in [5.74, 6) is -1.53. The molecule has 1 aliphatic heterocycles. The van der Waals surface area contributed by atoms with Crippen molar-refractivity contribution < 1.29 is 43.3 Å². The van der Waals surface area contributed by atoms with Gasteiger partial charge >= 0.3 is 0 Å². The third-order valence-corrected chi connectivity index (χ3v) is 14.4. The van der Waals surface area contributed by atoms with E-state index in [0.717, 1.165) is 34.5 Å². The summed E-state index contributed by atoms with van der Waals surface area (Å²) < 4.78 is 16.8. The number of benzene rings is 1. The highest BCUT2D eigenvalue weighted by molar-refractivity contribution is 7.13. The summed E-state index contributed by atoms with van der Waals surface area (Å²) in [7, 11) is 1.75. The lowest BCUT2D eigenvalue weighted by Crippen LogP contribution is -2.53. The molecule has 0 spiro atoms. The van der Waals surface area contributed by atoms with E-state index in [1.54, 1.807) is 41.5 Å². The van der Waals surface area contributed by atoms with Crippen LogP contribution >= 0.6 is 22.7 Å². The summed E-state index contributed by atoms with van der Waals surface area (Å²) in [6, 6.07) is 11.1. The molecule has 392 valence electrons. The van der Waals surface area contributed by atoms with Crippen molar-refractivity contribution in [3.63, 3.8) is 0 Å². The number of thiazole rings is 1. The summed E-state index contributed by atoms with van der Waals surface area (Å²) in [4.78, 5) is 91.8. The molecule has 3 aromatic heterocycles. The van der Waals surface area contributed by atoms with Crippen LogP contribution in [0.1, 0.15) is 63.1 Å². The molecule has 1 unspecified atom stereocenters. The molecule has 4 aromatic rings. The van der Waals surface area contributed by atoms with Gasteiger partial charge in [-0.1, -0.05) is 51.1 Å². The molecule has 22 heteroatoms. The predicted octanol–water partition coefficient (Wildman–Crippen LogP) is 3.48. The summed E-state index contributed by atoms with van der Waals surface area (Å²) in [5, 5.41) is 24.6. The first-order valence-corrected chi connectivity index (χ1v) is 26.3. The number of hydrogen-bond acceptors (Lipinski definition) is 18. The average molecular weight is 1030 g/mol. The number of likely N-dealkylation sites (N-methyl/N-ethyl adjacent to an activating group) is 1. The molecular formula is C50H71N11O9S2. The van der Waals surface area contributed by atoms with Crippen molar-refractivity contribution in [1.29, 1.82) is 0 Å².